The molecule has 3 aromatic heterocycles. The van der Waals surface area contributed by atoms with Crippen molar-refractivity contribution < 1.29 is 36.3 Å². The zero-order valence-electron chi connectivity index (χ0n) is 23.0. The number of carbonyl (C=O) groups excluding carboxylic acids is 3. The second-order valence-electron chi connectivity index (χ2n) is 11.1. The molecular formula is C29H21ClF5N7O3. The predicted octanol–water partition coefficient (Wildman–Crippen LogP) is 4.27. The van der Waals surface area contributed by atoms with Crippen LogP contribution in [0.5, 0.6) is 0 Å². The molecule has 4 aromatic rings. The largest absolute Gasteiger partial charge is 0.417 e. The van der Waals surface area contributed by atoms with Gasteiger partial charge in [0.2, 0.25) is 11.8 Å². The standard InChI is InChI=1S/C29H21ClF5N7O3/c30-19-6-15(29(33,34)35)7-36-24(19)22-18-8-37-42(25(18)39-26(23(22)32)40-11-16(31)12-40)9-13-1-2-17-14(5-13)10-41(28(17)45)20-3-4-21(43)38-27(20)44/h1-2,5-8,16,20H,3-4,9-12H2,(H,38,43,44)/t20-/m1/s1. The van der Waals surface area contributed by atoms with Crippen molar-refractivity contribution in [2.45, 2.75) is 44.3 Å². The van der Waals surface area contributed by atoms with E-state index in [2.05, 4.69) is 20.4 Å². The maximum atomic E-state index is 16.0. The van der Waals surface area contributed by atoms with E-state index in [0.717, 1.165) is 0 Å². The molecule has 0 unspecified atom stereocenters. The number of piperidine rings is 1. The number of halogens is 6. The van der Waals surface area contributed by atoms with Gasteiger partial charge in [0.25, 0.3) is 5.91 Å². The molecular weight excluding hydrogens is 625 g/mol. The van der Waals surface area contributed by atoms with Gasteiger partial charge in [-0.1, -0.05) is 23.7 Å². The molecule has 3 aliphatic rings. The second-order valence-corrected chi connectivity index (χ2v) is 11.5. The van der Waals surface area contributed by atoms with Crippen LogP contribution in [0.1, 0.15) is 39.9 Å². The summed E-state index contributed by atoms with van der Waals surface area (Å²) in [5.41, 5.74) is 0.341. The Hall–Kier alpha value is -4.66. The lowest BCUT2D eigenvalue weighted by atomic mass is 10.0. The van der Waals surface area contributed by atoms with Crippen LogP contribution >= 0.6 is 11.6 Å². The number of alkyl halides is 4. The number of benzene rings is 1. The lowest BCUT2D eigenvalue weighted by Crippen LogP contribution is -2.52. The summed E-state index contributed by atoms with van der Waals surface area (Å²) in [6, 6.07) is 4.98. The van der Waals surface area contributed by atoms with Crippen LogP contribution in [-0.2, 0) is 28.9 Å². The highest BCUT2D eigenvalue weighted by Gasteiger charge is 2.39. The maximum Gasteiger partial charge on any atom is 0.417 e. The number of aromatic nitrogens is 4. The third-order valence-corrected chi connectivity index (χ3v) is 8.46. The first kappa shape index (κ1) is 29.1. The van der Waals surface area contributed by atoms with E-state index in [0.29, 0.717) is 29.0 Å². The Bertz CT molecular complexity index is 1920. The predicted molar refractivity (Wildman–Crippen MR) is 149 cm³/mol. The molecule has 0 spiro atoms. The van der Waals surface area contributed by atoms with Gasteiger partial charge in [-0.15, -0.1) is 0 Å². The molecule has 10 nitrogen and oxygen atoms in total. The first-order valence-corrected chi connectivity index (χ1v) is 14.2. The van der Waals surface area contributed by atoms with E-state index in [9.17, 15) is 31.9 Å². The maximum absolute atomic E-state index is 16.0. The van der Waals surface area contributed by atoms with Crippen molar-refractivity contribution in [3.05, 3.63) is 69.8 Å². The Morgan fingerprint density at radius 2 is 1.87 bits per heavy atom. The Kier molecular flexibility index (Phi) is 6.76. The van der Waals surface area contributed by atoms with E-state index in [1.807, 2.05) is 0 Å². The van der Waals surface area contributed by atoms with Gasteiger partial charge >= 0.3 is 6.18 Å². The van der Waals surface area contributed by atoms with Crippen molar-refractivity contribution in [1.29, 1.82) is 0 Å². The Morgan fingerprint density at radius 1 is 1.09 bits per heavy atom. The third-order valence-electron chi connectivity index (χ3n) is 8.17. The minimum atomic E-state index is -4.72. The fraction of sp³-hybridized carbons (Fsp3) is 0.310. The molecule has 232 valence electrons. The molecule has 0 radical (unpaired) electrons. The average molecular weight is 646 g/mol. The van der Waals surface area contributed by atoms with E-state index >= 15 is 4.39 Å². The number of hydrogen-bond acceptors (Lipinski definition) is 7. The van der Waals surface area contributed by atoms with Gasteiger partial charge in [0.15, 0.2) is 17.3 Å². The quantitative estimate of drug-likeness (QED) is 0.255. The van der Waals surface area contributed by atoms with Crippen LogP contribution in [0.25, 0.3) is 22.3 Å². The topological polar surface area (TPSA) is 113 Å². The molecule has 1 aromatic carbocycles. The normalized spacial score (nSPS) is 18.9. The van der Waals surface area contributed by atoms with Gasteiger partial charge in [0, 0.05) is 24.7 Å². The number of carbonyl (C=O) groups is 3. The van der Waals surface area contributed by atoms with Crippen LogP contribution < -0.4 is 10.2 Å². The van der Waals surface area contributed by atoms with Crippen molar-refractivity contribution in [3.8, 4) is 11.3 Å². The highest BCUT2D eigenvalue weighted by Crippen LogP contribution is 2.41. The van der Waals surface area contributed by atoms with E-state index in [1.54, 1.807) is 18.2 Å². The highest BCUT2D eigenvalue weighted by atomic mass is 35.5. The average Bonchev–Trinajstić information content (AvgIpc) is 3.51. The molecule has 6 heterocycles. The minimum Gasteiger partial charge on any atom is -0.348 e. The Balaban J connectivity index is 1.25. The number of nitrogens with one attached hydrogen (secondary N) is 1. The molecule has 0 aliphatic carbocycles. The van der Waals surface area contributed by atoms with Crippen molar-refractivity contribution in [1.82, 2.24) is 30.0 Å². The van der Waals surface area contributed by atoms with Crippen LogP contribution in [0, 0.1) is 5.82 Å². The van der Waals surface area contributed by atoms with E-state index in [-0.39, 0.29) is 78.9 Å². The lowest BCUT2D eigenvalue weighted by Gasteiger charge is -2.35. The number of imide groups is 1. The Labute approximate surface area is 255 Å². The molecule has 1 atom stereocenters. The van der Waals surface area contributed by atoms with Gasteiger partial charge in [0.05, 0.1) is 53.1 Å². The molecule has 0 bridgehead atoms. The summed E-state index contributed by atoms with van der Waals surface area (Å²) < 4.78 is 71.0. The van der Waals surface area contributed by atoms with Gasteiger partial charge in [-0.25, -0.2) is 18.4 Å². The first-order chi connectivity index (χ1) is 21.4. The SMILES string of the molecule is O=C1CC[C@@H](N2Cc3cc(Cn4ncc5c(-c6ncc(C(F)(F)F)cc6Cl)c(F)c(N6CC(F)C6)nc54)ccc3C2=O)C(=O)N1. The molecule has 0 saturated carbocycles. The third kappa shape index (κ3) is 4.94. The summed E-state index contributed by atoms with van der Waals surface area (Å²) in [4.78, 5) is 48.1. The van der Waals surface area contributed by atoms with Crippen LogP contribution in [-0.4, -0.2) is 67.7 Å². The van der Waals surface area contributed by atoms with Crippen LogP contribution in [0.2, 0.25) is 5.02 Å². The fourth-order valence-electron chi connectivity index (χ4n) is 5.88. The lowest BCUT2D eigenvalue weighted by molar-refractivity contribution is -0.138. The summed E-state index contributed by atoms with van der Waals surface area (Å²) in [5.74, 6) is -2.38. The molecule has 2 saturated heterocycles. The summed E-state index contributed by atoms with van der Waals surface area (Å²) in [5, 5.41) is 6.31. The number of fused-ring (bicyclic) bond motifs is 2. The van der Waals surface area contributed by atoms with E-state index < -0.39 is 40.7 Å². The number of hydrogen-bond donors (Lipinski definition) is 1. The molecule has 7 rings (SSSR count). The molecule has 3 aliphatic heterocycles. The zero-order valence-corrected chi connectivity index (χ0v) is 23.8. The molecule has 2 fully saturated rings. The molecule has 45 heavy (non-hydrogen) atoms. The van der Waals surface area contributed by atoms with Gasteiger partial charge in [0.1, 0.15) is 12.2 Å². The summed E-state index contributed by atoms with van der Waals surface area (Å²) in [6.45, 7) is 0.00353. The monoisotopic (exact) mass is 645 g/mol. The number of anilines is 1. The van der Waals surface area contributed by atoms with Gasteiger partial charge < -0.3 is 9.80 Å². The summed E-state index contributed by atoms with van der Waals surface area (Å²) >= 11 is 6.21. The second kappa shape index (κ2) is 10.5. The molecule has 3 amide bonds. The van der Waals surface area contributed by atoms with Gasteiger partial charge in [-0.3, -0.25) is 24.7 Å². The number of nitrogens with zero attached hydrogens (tertiary/aromatic N) is 6. The highest BCUT2D eigenvalue weighted by molar-refractivity contribution is 6.33. The minimum absolute atomic E-state index is 0.0980. The van der Waals surface area contributed by atoms with Crippen molar-refractivity contribution in [2.75, 3.05) is 18.0 Å². The smallest absolute Gasteiger partial charge is 0.348 e. The zero-order chi connectivity index (χ0) is 31.8. The summed E-state index contributed by atoms with van der Waals surface area (Å²) in [7, 11) is 0. The number of rotatable bonds is 5. The van der Waals surface area contributed by atoms with E-state index in [4.69, 9.17) is 11.6 Å². The van der Waals surface area contributed by atoms with Crippen LogP contribution in [0.4, 0.5) is 27.8 Å². The van der Waals surface area contributed by atoms with Crippen molar-refractivity contribution in [2.24, 2.45) is 0 Å². The first-order valence-electron chi connectivity index (χ1n) is 13.8. The van der Waals surface area contributed by atoms with Gasteiger partial charge in [-0.05, 0) is 29.7 Å². The van der Waals surface area contributed by atoms with Crippen molar-refractivity contribution in [3.63, 3.8) is 0 Å². The fourth-order valence-corrected chi connectivity index (χ4v) is 6.14. The number of pyridine rings is 2. The Morgan fingerprint density at radius 3 is 2.56 bits per heavy atom. The van der Waals surface area contributed by atoms with Crippen molar-refractivity contribution >= 4 is 46.2 Å². The van der Waals surface area contributed by atoms with E-state index in [1.165, 1.54) is 20.7 Å². The molecule has 16 heteroatoms. The van der Waals surface area contributed by atoms with Crippen LogP contribution in [0.15, 0.2) is 36.7 Å². The van der Waals surface area contributed by atoms with Gasteiger partial charge in [-0.2, -0.15) is 18.3 Å². The summed E-state index contributed by atoms with van der Waals surface area (Å²) in [6.07, 6.45) is -3.70. The molecule has 1 N–H and O–H groups in total. The number of amides is 3. The van der Waals surface area contributed by atoms with Crippen LogP contribution in [0.3, 0.4) is 0 Å².